The number of para-hydroxylation sites is 1. The molecule has 1 N–H and O–H groups in total. The molecule has 8 nitrogen and oxygen atoms in total. The van der Waals surface area contributed by atoms with Crippen molar-refractivity contribution in [1.29, 1.82) is 0 Å². The summed E-state index contributed by atoms with van der Waals surface area (Å²) in [7, 11) is 0. The van der Waals surface area contributed by atoms with E-state index in [1.54, 1.807) is 39.0 Å². The Kier molecular flexibility index (Phi) is 9.20. The first-order chi connectivity index (χ1) is 20.6. The molecule has 1 amide bonds. The number of benzene rings is 3. The number of nitrogens with zero attached hydrogens (tertiary/aromatic N) is 1. The number of rotatable bonds is 10. The average molecular weight is 591 g/mol. The molecule has 9 heteroatoms. The molecular formula is C34H39FN2O6. The Morgan fingerprint density at radius 3 is 2.47 bits per heavy atom. The fourth-order valence-electron chi connectivity index (χ4n) is 5.48. The lowest BCUT2D eigenvalue weighted by Gasteiger charge is -2.48. The van der Waals surface area contributed by atoms with Gasteiger partial charge in [0.1, 0.15) is 30.4 Å². The Morgan fingerprint density at radius 2 is 1.77 bits per heavy atom. The van der Waals surface area contributed by atoms with E-state index in [1.165, 1.54) is 0 Å². The predicted molar refractivity (Wildman–Crippen MR) is 161 cm³/mol. The molecule has 0 radical (unpaired) electrons. The second-order valence-corrected chi connectivity index (χ2v) is 12.3. The van der Waals surface area contributed by atoms with Gasteiger partial charge in [-0.2, -0.15) is 0 Å². The monoisotopic (exact) mass is 590 g/mol. The zero-order valence-electron chi connectivity index (χ0n) is 25.0. The van der Waals surface area contributed by atoms with E-state index in [9.17, 15) is 9.59 Å². The second-order valence-electron chi connectivity index (χ2n) is 12.3. The Hall–Kier alpha value is -4.11. The minimum absolute atomic E-state index is 0.000167. The molecule has 43 heavy (non-hydrogen) atoms. The maximum Gasteiger partial charge on any atom is 0.407 e. The number of hydrogen-bond acceptors (Lipinski definition) is 7. The number of piperidine rings is 1. The van der Waals surface area contributed by atoms with Crippen molar-refractivity contribution in [3.05, 3.63) is 83.2 Å². The smallest absolute Gasteiger partial charge is 0.407 e. The first-order valence-electron chi connectivity index (χ1n) is 14.6. The van der Waals surface area contributed by atoms with Gasteiger partial charge in [-0.15, -0.1) is 0 Å². The van der Waals surface area contributed by atoms with Gasteiger partial charge in [0.2, 0.25) is 0 Å². The van der Waals surface area contributed by atoms with Crippen LogP contribution < -0.4 is 15.0 Å². The van der Waals surface area contributed by atoms with Gasteiger partial charge in [0.05, 0.1) is 13.2 Å². The Labute approximate surface area is 252 Å². The van der Waals surface area contributed by atoms with E-state index in [1.807, 2.05) is 36.4 Å². The van der Waals surface area contributed by atoms with Crippen LogP contribution in [0, 0.1) is 11.2 Å². The topological polar surface area (TPSA) is 86.3 Å². The number of anilines is 1. The van der Waals surface area contributed by atoms with Crippen LogP contribution >= 0.6 is 0 Å². The maximum absolute atomic E-state index is 15.9. The van der Waals surface area contributed by atoms with Gasteiger partial charge in [0.15, 0.2) is 0 Å². The van der Waals surface area contributed by atoms with Crippen molar-refractivity contribution in [2.45, 2.75) is 59.0 Å². The van der Waals surface area contributed by atoms with Crippen LogP contribution in [0.1, 0.15) is 50.3 Å². The van der Waals surface area contributed by atoms with Gasteiger partial charge in [0, 0.05) is 47.4 Å². The van der Waals surface area contributed by atoms with Crippen LogP contribution in [0.25, 0.3) is 11.1 Å². The molecule has 2 fully saturated rings. The molecule has 0 unspecified atom stereocenters. The fraction of sp³-hybridized carbons (Fsp3) is 0.412. The summed E-state index contributed by atoms with van der Waals surface area (Å²) in [4.78, 5) is 25.3. The van der Waals surface area contributed by atoms with Crippen LogP contribution in [0.4, 0.5) is 14.9 Å². The Morgan fingerprint density at radius 1 is 1.02 bits per heavy atom. The minimum atomic E-state index is -0.648. The van der Waals surface area contributed by atoms with Crippen molar-refractivity contribution in [3.63, 3.8) is 0 Å². The molecule has 0 saturated carbocycles. The normalized spacial score (nSPS) is 15.9. The molecule has 2 saturated heterocycles. The van der Waals surface area contributed by atoms with Gasteiger partial charge < -0.3 is 29.2 Å². The van der Waals surface area contributed by atoms with Crippen molar-refractivity contribution < 1.29 is 32.9 Å². The lowest BCUT2D eigenvalue weighted by Crippen LogP contribution is -2.50. The molecule has 228 valence electrons. The zero-order chi connectivity index (χ0) is 30.5. The number of carbonyl (C=O) groups is 2. The van der Waals surface area contributed by atoms with Crippen molar-refractivity contribution >= 4 is 18.3 Å². The quantitative estimate of drug-likeness (QED) is 0.274. The van der Waals surface area contributed by atoms with Crippen molar-refractivity contribution in [3.8, 4) is 16.9 Å². The summed E-state index contributed by atoms with van der Waals surface area (Å²) in [6, 6.07) is 18.6. The van der Waals surface area contributed by atoms with Gasteiger partial charge >= 0.3 is 6.09 Å². The Bertz CT molecular complexity index is 1440. The minimum Gasteiger partial charge on any atom is -0.488 e. The molecule has 0 aromatic heterocycles. The average Bonchev–Trinajstić information content (AvgIpc) is 2.97. The van der Waals surface area contributed by atoms with Crippen LogP contribution in [-0.4, -0.2) is 44.5 Å². The van der Waals surface area contributed by atoms with Crippen molar-refractivity contribution in [2.75, 3.05) is 31.2 Å². The molecule has 0 aliphatic carbocycles. The number of nitrogens with one attached hydrogen (secondary N) is 1. The fourth-order valence-corrected chi connectivity index (χ4v) is 5.48. The molecule has 0 bridgehead atoms. The van der Waals surface area contributed by atoms with Gasteiger partial charge in [-0.25, -0.2) is 9.18 Å². The SMILES string of the molecule is CC(C)(C)OC(=O)NCc1cccc(-c2cc(COc3ccccc3COC=O)cc(N3CCC4(CC3)COC4)c2)c1F. The molecule has 5 rings (SSSR count). The molecule has 2 aliphatic heterocycles. The van der Waals surface area contributed by atoms with Crippen LogP contribution in [-0.2, 0) is 38.8 Å². The van der Waals surface area contributed by atoms with Crippen molar-refractivity contribution in [1.82, 2.24) is 5.32 Å². The summed E-state index contributed by atoms with van der Waals surface area (Å²) in [5.41, 5.74) is 3.79. The second kappa shape index (κ2) is 13.0. The van der Waals surface area contributed by atoms with Gasteiger partial charge in [-0.3, -0.25) is 4.79 Å². The van der Waals surface area contributed by atoms with E-state index in [4.69, 9.17) is 18.9 Å². The maximum atomic E-state index is 15.9. The summed E-state index contributed by atoms with van der Waals surface area (Å²) in [6.07, 6.45) is 1.50. The van der Waals surface area contributed by atoms with E-state index in [0.717, 1.165) is 61.5 Å². The third-order valence-electron chi connectivity index (χ3n) is 7.87. The van der Waals surface area contributed by atoms with Gasteiger partial charge in [-0.1, -0.05) is 36.4 Å². The molecule has 3 aromatic carbocycles. The van der Waals surface area contributed by atoms with E-state index in [0.29, 0.717) is 23.3 Å². The molecular weight excluding hydrogens is 551 g/mol. The third kappa shape index (κ3) is 7.65. The summed E-state index contributed by atoms with van der Waals surface area (Å²) in [5, 5.41) is 2.65. The molecule has 0 atom stereocenters. The number of carbonyl (C=O) groups excluding carboxylic acids is 2. The first kappa shape index (κ1) is 30.4. The lowest BCUT2D eigenvalue weighted by atomic mass is 9.76. The lowest BCUT2D eigenvalue weighted by molar-refractivity contribution is -0.129. The number of amides is 1. The summed E-state index contributed by atoms with van der Waals surface area (Å²) < 4.78 is 37.9. The number of halogens is 1. The van der Waals surface area contributed by atoms with Crippen LogP contribution in [0.15, 0.2) is 60.7 Å². The number of ether oxygens (including phenoxy) is 4. The highest BCUT2D eigenvalue weighted by Crippen LogP contribution is 2.40. The van der Waals surface area contributed by atoms with E-state index in [-0.39, 0.29) is 25.2 Å². The number of hydrogen-bond donors (Lipinski definition) is 1. The zero-order valence-corrected chi connectivity index (χ0v) is 25.0. The van der Waals surface area contributed by atoms with E-state index in [2.05, 4.69) is 16.3 Å². The molecule has 2 heterocycles. The molecule has 2 aliphatic rings. The highest BCUT2D eigenvalue weighted by atomic mass is 19.1. The first-order valence-corrected chi connectivity index (χ1v) is 14.6. The van der Waals surface area contributed by atoms with Crippen LogP contribution in [0.2, 0.25) is 0 Å². The van der Waals surface area contributed by atoms with Crippen LogP contribution in [0.5, 0.6) is 5.75 Å². The third-order valence-corrected chi connectivity index (χ3v) is 7.87. The van der Waals surface area contributed by atoms with Gasteiger partial charge in [-0.05, 0) is 69.0 Å². The Balaban J connectivity index is 1.41. The largest absolute Gasteiger partial charge is 0.488 e. The summed E-state index contributed by atoms with van der Waals surface area (Å²) >= 11 is 0. The summed E-state index contributed by atoms with van der Waals surface area (Å²) in [6.45, 7) is 9.53. The summed E-state index contributed by atoms with van der Waals surface area (Å²) in [5.74, 6) is 0.214. The number of alkyl carbamates (subject to hydrolysis) is 1. The van der Waals surface area contributed by atoms with E-state index >= 15 is 4.39 Å². The van der Waals surface area contributed by atoms with E-state index < -0.39 is 17.5 Å². The predicted octanol–water partition coefficient (Wildman–Crippen LogP) is 6.39. The molecule has 1 spiro atoms. The van der Waals surface area contributed by atoms with Crippen molar-refractivity contribution in [2.24, 2.45) is 5.41 Å². The highest BCUT2D eigenvalue weighted by Gasteiger charge is 2.41. The standard InChI is InChI=1S/C34H39FN2O6/c1-33(2,3)43-32(39)36-18-25-8-6-9-29(31(25)35)27-15-24(19-42-30-10-5-4-7-26(30)20-40-23-38)16-28(17-27)37-13-11-34(12-14-37)21-41-22-34/h4-10,15-17,23H,11-14,18-22H2,1-3H3,(H,36,39). The van der Waals surface area contributed by atoms with Gasteiger partial charge in [0.25, 0.3) is 6.47 Å². The highest BCUT2D eigenvalue weighted by molar-refractivity contribution is 5.72. The molecule has 3 aromatic rings. The van der Waals surface area contributed by atoms with Crippen LogP contribution in [0.3, 0.4) is 0 Å².